The first-order valence-electron chi connectivity index (χ1n) is 12.6. The van der Waals surface area contributed by atoms with Crippen LogP contribution >= 0.6 is 0 Å². The molecule has 1 aromatic carbocycles. The average molecular weight is 482 g/mol. The quantitative estimate of drug-likeness (QED) is 0.593. The van der Waals surface area contributed by atoms with Gasteiger partial charge in [-0.05, 0) is 37.0 Å². The number of aromatic nitrogens is 2. The van der Waals surface area contributed by atoms with E-state index in [1.165, 1.54) is 0 Å². The summed E-state index contributed by atoms with van der Waals surface area (Å²) in [6, 6.07) is 7.65. The predicted octanol–water partition coefficient (Wildman–Crippen LogP) is 2.43. The molecule has 0 radical (unpaired) electrons. The van der Waals surface area contributed by atoms with Crippen LogP contribution in [0.5, 0.6) is 5.75 Å². The normalized spacial score (nSPS) is 15.1. The van der Waals surface area contributed by atoms with E-state index >= 15 is 0 Å². The van der Waals surface area contributed by atoms with Crippen molar-refractivity contribution in [3.63, 3.8) is 0 Å². The first kappa shape index (κ1) is 24.8. The molecule has 3 heterocycles. The highest BCUT2D eigenvalue weighted by Crippen LogP contribution is 2.25. The van der Waals surface area contributed by atoms with Crippen LogP contribution in [-0.2, 0) is 36.1 Å². The number of nitrogens with one attached hydrogen (secondary N) is 1. The molecule has 9 nitrogen and oxygen atoms in total. The van der Waals surface area contributed by atoms with E-state index in [0.717, 1.165) is 54.9 Å². The average Bonchev–Trinajstić information content (AvgIpc) is 3.53. The summed E-state index contributed by atoms with van der Waals surface area (Å²) in [5.74, 6) is 0.536. The molecule has 188 valence electrons. The van der Waals surface area contributed by atoms with Crippen molar-refractivity contribution in [2.75, 3.05) is 26.2 Å². The molecular weight excluding hydrogens is 446 g/mol. The number of carbonyl (C=O) groups excluding carboxylic acids is 3. The van der Waals surface area contributed by atoms with Crippen LogP contribution in [0.25, 0.3) is 0 Å². The van der Waals surface area contributed by atoms with Gasteiger partial charge in [-0.15, -0.1) is 0 Å². The van der Waals surface area contributed by atoms with Crippen LogP contribution in [0.1, 0.15) is 66.3 Å². The van der Waals surface area contributed by atoms with Gasteiger partial charge in [0.05, 0.1) is 6.61 Å². The lowest BCUT2D eigenvalue weighted by atomic mass is 10.0. The van der Waals surface area contributed by atoms with Crippen LogP contribution in [0.2, 0.25) is 0 Å². The Bertz CT molecular complexity index is 1060. The Kier molecular flexibility index (Phi) is 8.05. The van der Waals surface area contributed by atoms with Crippen molar-refractivity contribution in [1.82, 2.24) is 24.9 Å². The molecule has 0 unspecified atom stereocenters. The van der Waals surface area contributed by atoms with Crippen molar-refractivity contribution in [2.24, 2.45) is 7.05 Å². The van der Waals surface area contributed by atoms with Crippen LogP contribution in [0.4, 0.5) is 0 Å². The summed E-state index contributed by atoms with van der Waals surface area (Å²) in [6.45, 7) is 5.61. The highest BCUT2D eigenvalue weighted by molar-refractivity contribution is 5.94. The molecule has 0 saturated carbocycles. The number of hydrogen-bond donors (Lipinski definition) is 1. The first-order valence-corrected chi connectivity index (χ1v) is 12.6. The second kappa shape index (κ2) is 11.4. The molecule has 2 aliphatic heterocycles. The standard InChI is InChI=1S/C26H35N5O4/c1-3-16-35-20-8-6-19(7-9-20)17-27-23(32)10-11-24(33)31-15-12-22-21(18-31)25(28-29(22)2)26(34)30-13-4-5-14-30/h6-9H,3-5,10-18H2,1-2H3,(H,27,32). The molecule has 1 N–H and O–H groups in total. The Morgan fingerprint density at radius 1 is 1.03 bits per heavy atom. The summed E-state index contributed by atoms with van der Waals surface area (Å²) in [7, 11) is 1.85. The monoisotopic (exact) mass is 481 g/mol. The number of likely N-dealkylation sites (tertiary alicyclic amines) is 1. The van der Waals surface area contributed by atoms with Crippen LogP contribution < -0.4 is 10.1 Å². The molecule has 1 aromatic heterocycles. The van der Waals surface area contributed by atoms with Crippen molar-refractivity contribution in [1.29, 1.82) is 0 Å². The maximum absolute atomic E-state index is 13.0. The van der Waals surface area contributed by atoms with Crippen LogP contribution in [0, 0.1) is 0 Å². The van der Waals surface area contributed by atoms with E-state index in [0.29, 0.717) is 38.4 Å². The van der Waals surface area contributed by atoms with Gasteiger partial charge in [0, 0.05) is 70.3 Å². The minimum atomic E-state index is -0.159. The zero-order chi connectivity index (χ0) is 24.8. The summed E-state index contributed by atoms with van der Waals surface area (Å²) in [4.78, 5) is 41.8. The van der Waals surface area contributed by atoms with E-state index in [1.807, 2.05) is 36.2 Å². The van der Waals surface area contributed by atoms with Gasteiger partial charge in [0.15, 0.2) is 5.69 Å². The van der Waals surface area contributed by atoms with Crippen LogP contribution in [0.15, 0.2) is 24.3 Å². The van der Waals surface area contributed by atoms with Gasteiger partial charge in [-0.1, -0.05) is 19.1 Å². The van der Waals surface area contributed by atoms with Crippen molar-refractivity contribution in [3.8, 4) is 5.75 Å². The summed E-state index contributed by atoms with van der Waals surface area (Å²) in [5, 5.41) is 7.37. The largest absolute Gasteiger partial charge is 0.494 e. The summed E-state index contributed by atoms with van der Waals surface area (Å²) in [6.07, 6.45) is 3.92. The number of nitrogens with zero attached hydrogens (tertiary/aromatic N) is 4. The van der Waals surface area contributed by atoms with Crippen LogP contribution in [0.3, 0.4) is 0 Å². The highest BCUT2D eigenvalue weighted by Gasteiger charge is 2.31. The Labute approximate surface area is 206 Å². The second-order valence-electron chi connectivity index (χ2n) is 9.23. The van der Waals surface area contributed by atoms with Gasteiger partial charge in [-0.25, -0.2) is 0 Å². The topological polar surface area (TPSA) is 96.8 Å². The fourth-order valence-corrected chi connectivity index (χ4v) is 4.64. The number of benzene rings is 1. The van der Waals surface area contributed by atoms with Crippen molar-refractivity contribution < 1.29 is 19.1 Å². The van der Waals surface area contributed by atoms with E-state index < -0.39 is 0 Å². The van der Waals surface area contributed by atoms with E-state index in [-0.39, 0.29) is 30.6 Å². The summed E-state index contributed by atoms with van der Waals surface area (Å²) in [5.41, 5.74) is 3.30. The lowest BCUT2D eigenvalue weighted by Crippen LogP contribution is -2.38. The number of carbonyl (C=O) groups is 3. The molecule has 0 bridgehead atoms. The number of amides is 3. The van der Waals surface area contributed by atoms with Gasteiger partial charge < -0.3 is 19.9 Å². The second-order valence-corrected chi connectivity index (χ2v) is 9.23. The maximum atomic E-state index is 13.0. The highest BCUT2D eigenvalue weighted by atomic mass is 16.5. The molecule has 0 atom stereocenters. The third-order valence-corrected chi connectivity index (χ3v) is 6.64. The van der Waals surface area contributed by atoms with Gasteiger partial charge >= 0.3 is 0 Å². The Balaban J connectivity index is 1.26. The third-order valence-electron chi connectivity index (χ3n) is 6.64. The van der Waals surface area contributed by atoms with E-state index in [4.69, 9.17) is 4.74 Å². The van der Waals surface area contributed by atoms with Crippen molar-refractivity contribution >= 4 is 17.7 Å². The molecular formula is C26H35N5O4. The molecule has 0 spiro atoms. The van der Waals surface area contributed by atoms with Crippen molar-refractivity contribution in [2.45, 2.75) is 58.5 Å². The third kappa shape index (κ3) is 6.01. The number of ether oxygens (including phenoxy) is 1. The van der Waals surface area contributed by atoms with E-state index in [9.17, 15) is 14.4 Å². The molecule has 4 rings (SSSR count). The fraction of sp³-hybridized carbons (Fsp3) is 0.538. The number of fused-ring (bicyclic) bond motifs is 1. The van der Waals surface area contributed by atoms with Gasteiger partial charge in [-0.3, -0.25) is 19.1 Å². The lowest BCUT2D eigenvalue weighted by Gasteiger charge is -2.28. The molecule has 3 amide bonds. The molecule has 0 aliphatic carbocycles. The summed E-state index contributed by atoms with van der Waals surface area (Å²) < 4.78 is 7.35. The zero-order valence-corrected chi connectivity index (χ0v) is 20.7. The van der Waals surface area contributed by atoms with Crippen molar-refractivity contribution in [3.05, 3.63) is 46.8 Å². The maximum Gasteiger partial charge on any atom is 0.274 e. The van der Waals surface area contributed by atoms with Crippen LogP contribution in [-0.4, -0.2) is 63.5 Å². The Morgan fingerprint density at radius 2 is 1.77 bits per heavy atom. The smallest absolute Gasteiger partial charge is 0.274 e. The molecule has 35 heavy (non-hydrogen) atoms. The predicted molar refractivity (Wildman–Crippen MR) is 131 cm³/mol. The van der Waals surface area contributed by atoms with Gasteiger partial charge in [0.1, 0.15) is 5.75 Å². The number of aryl methyl sites for hydroxylation is 1. The lowest BCUT2D eigenvalue weighted by molar-refractivity contribution is -0.134. The minimum absolute atomic E-state index is 0.0435. The fourth-order valence-electron chi connectivity index (χ4n) is 4.64. The molecule has 2 aromatic rings. The van der Waals surface area contributed by atoms with E-state index in [2.05, 4.69) is 17.3 Å². The minimum Gasteiger partial charge on any atom is -0.494 e. The summed E-state index contributed by atoms with van der Waals surface area (Å²) >= 11 is 0. The first-order chi connectivity index (χ1) is 17.0. The Morgan fingerprint density at radius 3 is 2.49 bits per heavy atom. The molecule has 9 heteroatoms. The molecule has 1 saturated heterocycles. The SMILES string of the molecule is CCCOc1ccc(CNC(=O)CCC(=O)N2CCc3c(c(C(=O)N4CCCC4)nn3C)C2)cc1. The Hall–Kier alpha value is -3.36. The van der Waals surface area contributed by atoms with Gasteiger partial charge in [-0.2, -0.15) is 5.10 Å². The van der Waals surface area contributed by atoms with Gasteiger partial charge in [0.25, 0.3) is 5.91 Å². The van der Waals surface area contributed by atoms with Gasteiger partial charge in [0.2, 0.25) is 11.8 Å². The number of hydrogen-bond acceptors (Lipinski definition) is 5. The molecule has 1 fully saturated rings. The zero-order valence-electron chi connectivity index (χ0n) is 20.7. The van der Waals surface area contributed by atoms with E-state index in [1.54, 1.807) is 9.58 Å². The molecule has 2 aliphatic rings. The number of rotatable bonds is 9.